The second kappa shape index (κ2) is 7.85. The van der Waals surface area contributed by atoms with Gasteiger partial charge in [-0.1, -0.05) is 60.7 Å². The van der Waals surface area contributed by atoms with E-state index in [0.717, 1.165) is 35.2 Å². The van der Waals surface area contributed by atoms with E-state index in [-0.39, 0.29) is 5.78 Å². The minimum atomic E-state index is 0.118. The summed E-state index contributed by atoms with van der Waals surface area (Å²) in [4.78, 5) is 12.6. The van der Waals surface area contributed by atoms with Gasteiger partial charge in [0.15, 0.2) is 5.78 Å². The third-order valence-electron chi connectivity index (χ3n) is 5.62. The Morgan fingerprint density at radius 3 is 2.57 bits per heavy atom. The summed E-state index contributed by atoms with van der Waals surface area (Å²) >= 11 is 0. The zero-order chi connectivity index (χ0) is 19.5. The van der Waals surface area contributed by atoms with Gasteiger partial charge >= 0.3 is 0 Å². The van der Waals surface area contributed by atoms with Crippen molar-refractivity contribution in [2.75, 3.05) is 11.9 Å². The van der Waals surface area contributed by atoms with Crippen LogP contribution in [0.3, 0.4) is 0 Å². The number of Topliss-reactive ketones (excluding diaryl/α,β-unsaturated/α-hetero) is 1. The SMILES string of the molecule is Cc1cccc(C(=O)CNc2ccc(-c3cccc4c3C=CCC4)cc2)c1C. The lowest BCUT2D eigenvalue weighted by Crippen LogP contribution is -2.15. The number of rotatable bonds is 5. The molecule has 140 valence electrons. The summed E-state index contributed by atoms with van der Waals surface area (Å²) in [7, 11) is 0. The number of carbonyl (C=O) groups excluding carboxylic acids is 1. The first-order chi connectivity index (χ1) is 13.6. The molecule has 3 aromatic rings. The van der Waals surface area contributed by atoms with Crippen molar-refractivity contribution in [1.82, 2.24) is 0 Å². The highest BCUT2D eigenvalue weighted by atomic mass is 16.1. The van der Waals surface area contributed by atoms with Crippen LogP contribution < -0.4 is 5.32 Å². The molecule has 0 saturated carbocycles. The minimum Gasteiger partial charge on any atom is -0.378 e. The van der Waals surface area contributed by atoms with E-state index in [0.29, 0.717) is 6.54 Å². The summed E-state index contributed by atoms with van der Waals surface area (Å²) in [6, 6.07) is 20.8. The lowest BCUT2D eigenvalue weighted by molar-refractivity contribution is 0.101. The topological polar surface area (TPSA) is 29.1 Å². The van der Waals surface area contributed by atoms with Crippen LogP contribution in [0.25, 0.3) is 17.2 Å². The lowest BCUT2D eigenvalue weighted by Gasteiger charge is -2.15. The Morgan fingerprint density at radius 1 is 0.964 bits per heavy atom. The minimum absolute atomic E-state index is 0.118. The van der Waals surface area contributed by atoms with Crippen LogP contribution in [0.1, 0.15) is 39.0 Å². The number of fused-ring (bicyclic) bond motifs is 1. The zero-order valence-corrected chi connectivity index (χ0v) is 16.5. The van der Waals surface area contributed by atoms with Gasteiger partial charge in [0.05, 0.1) is 6.54 Å². The van der Waals surface area contributed by atoms with Gasteiger partial charge < -0.3 is 5.32 Å². The van der Waals surface area contributed by atoms with E-state index >= 15 is 0 Å². The molecule has 0 unspecified atom stereocenters. The van der Waals surface area contributed by atoms with Crippen LogP contribution in [0.4, 0.5) is 5.69 Å². The maximum atomic E-state index is 12.6. The van der Waals surface area contributed by atoms with Gasteiger partial charge in [-0.2, -0.15) is 0 Å². The zero-order valence-electron chi connectivity index (χ0n) is 16.5. The molecule has 0 spiro atoms. The average molecular weight is 367 g/mol. The molecule has 0 amide bonds. The molecule has 0 fully saturated rings. The monoisotopic (exact) mass is 367 g/mol. The Balaban J connectivity index is 1.48. The molecule has 2 nitrogen and oxygen atoms in total. The van der Waals surface area contributed by atoms with Gasteiger partial charge in [-0.15, -0.1) is 0 Å². The van der Waals surface area contributed by atoms with Crippen LogP contribution in [0, 0.1) is 13.8 Å². The number of allylic oxidation sites excluding steroid dienone is 1. The van der Waals surface area contributed by atoms with Crippen molar-refractivity contribution < 1.29 is 4.79 Å². The lowest BCUT2D eigenvalue weighted by atomic mass is 9.90. The van der Waals surface area contributed by atoms with Gasteiger partial charge in [0, 0.05) is 11.3 Å². The first-order valence-electron chi connectivity index (χ1n) is 9.85. The van der Waals surface area contributed by atoms with Gasteiger partial charge in [0.1, 0.15) is 0 Å². The smallest absolute Gasteiger partial charge is 0.182 e. The van der Waals surface area contributed by atoms with Gasteiger partial charge in [-0.3, -0.25) is 4.79 Å². The Labute approximate surface area is 166 Å². The second-order valence-electron chi connectivity index (χ2n) is 7.42. The number of benzene rings is 3. The second-order valence-corrected chi connectivity index (χ2v) is 7.42. The molecule has 2 heteroatoms. The summed E-state index contributed by atoms with van der Waals surface area (Å²) in [5, 5.41) is 3.27. The largest absolute Gasteiger partial charge is 0.378 e. The fourth-order valence-corrected chi connectivity index (χ4v) is 3.82. The van der Waals surface area contributed by atoms with Gasteiger partial charge in [-0.25, -0.2) is 0 Å². The number of aryl methyl sites for hydroxylation is 2. The normalized spacial score (nSPS) is 12.5. The Kier molecular flexibility index (Phi) is 5.12. The molecule has 1 aliphatic carbocycles. The molecular formula is C26H25NO. The van der Waals surface area contributed by atoms with E-state index in [1.165, 1.54) is 22.3 Å². The molecule has 0 saturated heterocycles. The number of nitrogens with one attached hydrogen (secondary N) is 1. The van der Waals surface area contributed by atoms with Gasteiger partial charge in [0.25, 0.3) is 0 Å². The molecule has 3 aromatic carbocycles. The van der Waals surface area contributed by atoms with Crippen LogP contribution in [0.5, 0.6) is 0 Å². The van der Waals surface area contributed by atoms with Crippen molar-refractivity contribution in [2.24, 2.45) is 0 Å². The number of ketones is 1. The van der Waals surface area contributed by atoms with E-state index in [1.807, 2.05) is 32.0 Å². The van der Waals surface area contributed by atoms with Crippen LogP contribution in [-0.4, -0.2) is 12.3 Å². The molecule has 0 aliphatic heterocycles. The van der Waals surface area contributed by atoms with Crippen LogP contribution in [0.2, 0.25) is 0 Å². The summed E-state index contributed by atoms with van der Waals surface area (Å²) in [5.74, 6) is 0.118. The van der Waals surface area contributed by atoms with Crippen molar-refractivity contribution in [3.05, 3.63) is 94.6 Å². The van der Waals surface area contributed by atoms with E-state index in [2.05, 4.69) is 59.9 Å². The molecule has 0 atom stereocenters. The number of hydrogen-bond donors (Lipinski definition) is 1. The molecule has 0 aromatic heterocycles. The summed E-state index contributed by atoms with van der Waals surface area (Å²) in [5.41, 5.74) is 9.19. The van der Waals surface area contributed by atoms with E-state index in [9.17, 15) is 4.79 Å². The maximum absolute atomic E-state index is 12.6. The first kappa shape index (κ1) is 18.2. The van der Waals surface area contributed by atoms with Gasteiger partial charge in [-0.05, 0) is 72.2 Å². The quantitative estimate of drug-likeness (QED) is 0.542. The third-order valence-corrected chi connectivity index (χ3v) is 5.62. The van der Waals surface area contributed by atoms with Crippen molar-refractivity contribution in [1.29, 1.82) is 0 Å². The first-order valence-corrected chi connectivity index (χ1v) is 9.85. The Bertz CT molecular complexity index is 1040. The van der Waals surface area contributed by atoms with Crippen LogP contribution in [-0.2, 0) is 6.42 Å². The van der Waals surface area contributed by atoms with Crippen molar-refractivity contribution in [3.8, 4) is 11.1 Å². The molecule has 28 heavy (non-hydrogen) atoms. The molecule has 1 aliphatic rings. The Morgan fingerprint density at radius 2 is 1.75 bits per heavy atom. The molecule has 1 N–H and O–H groups in total. The number of anilines is 1. The highest BCUT2D eigenvalue weighted by molar-refractivity contribution is 6.00. The molecular weight excluding hydrogens is 342 g/mol. The highest BCUT2D eigenvalue weighted by Gasteiger charge is 2.12. The number of carbonyl (C=O) groups is 1. The fourth-order valence-electron chi connectivity index (χ4n) is 3.82. The summed E-state index contributed by atoms with van der Waals surface area (Å²) in [6.07, 6.45) is 6.72. The fraction of sp³-hybridized carbons (Fsp3) is 0.192. The molecule has 4 rings (SSSR count). The van der Waals surface area contributed by atoms with E-state index < -0.39 is 0 Å². The molecule has 0 radical (unpaired) electrons. The molecule has 0 heterocycles. The predicted molar refractivity (Wildman–Crippen MR) is 118 cm³/mol. The third kappa shape index (κ3) is 3.63. The van der Waals surface area contributed by atoms with E-state index in [1.54, 1.807) is 0 Å². The Hall–Kier alpha value is -3.13. The van der Waals surface area contributed by atoms with Crippen molar-refractivity contribution >= 4 is 17.5 Å². The van der Waals surface area contributed by atoms with Crippen molar-refractivity contribution in [2.45, 2.75) is 26.7 Å². The summed E-state index contributed by atoms with van der Waals surface area (Å²) < 4.78 is 0. The van der Waals surface area contributed by atoms with E-state index in [4.69, 9.17) is 0 Å². The van der Waals surface area contributed by atoms with Gasteiger partial charge in [0.2, 0.25) is 0 Å². The maximum Gasteiger partial charge on any atom is 0.182 e. The predicted octanol–water partition coefficient (Wildman–Crippen LogP) is 6.22. The highest BCUT2D eigenvalue weighted by Crippen LogP contribution is 2.31. The number of hydrogen-bond acceptors (Lipinski definition) is 2. The average Bonchev–Trinajstić information content (AvgIpc) is 2.74. The standard InChI is InChI=1S/C26H25NO/c1-18-7-5-11-23(19(18)2)26(28)17-27-22-15-13-21(14-16-22)25-12-6-9-20-8-3-4-10-24(20)25/h4-7,9-16,27H,3,8,17H2,1-2H3. The van der Waals surface area contributed by atoms with Crippen LogP contribution >= 0.6 is 0 Å². The van der Waals surface area contributed by atoms with Crippen LogP contribution in [0.15, 0.2) is 66.7 Å². The summed E-state index contributed by atoms with van der Waals surface area (Å²) in [6.45, 7) is 4.34. The van der Waals surface area contributed by atoms with Crippen molar-refractivity contribution in [3.63, 3.8) is 0 Å². The molecule has 0 bridgehead atoms.